The highest BCUT2D eigenvalue weighted by Gasteiger charge is 2.27. The molecule has 31 heavy (non-hydrogen) atoms. The molecule has 3 aromatic rings. The van der Waals surface area contributed by atoms with E-state index in [0.717, 1.165) is 30.5 Å². The maximum atomic E-state index is 13.5. The van der Waals surface area contributed by atoms with Crippen molar-refractivity contribution in [1.82, 2.24) is 9.97 Å². The summed E-state index contributed by atoms with van der Waals surface area (Å²) in [4.78, 5) is 23.8. The van der Waals surface area contributed by atoms with Gasteiger partial charge in [0.25, 0.3) is 0 Å². The Bertz CT molecular complexity index is 1080. The molecule has 6 nitrogen and oxygen atoms in total. The first-order valence-electron chi connectivity index (χ1n) is 10.0. The van der Waals surface area contributed by atoms with Crippen molar-refractivity contribution < 1.29 is 13.9 Å². The number of anilines is 2. The summed E-state index contributed by atoms with van der Waals surface area (Å²) in [5, 5.41) is 3.45. The van der Waals surface area contributed by atoms with Gasteiger partial charge in [0.15, 0.2) is 0 Å². The molecule has 1 unspecified atom stereocenters. The second-order valence-corrected chi connectivity index (χ2v) is 7.84. The molecule has 1 amide bonds. The smallest absolute Gasteiger partial charge is 0.229 e. The fourth-order valence-corrected chi connectivity index (χ4v) is 3.86. The van der Waals surface area contributed by atoms with Gasteiger partial charge in [-0.1, -0.05) is 23.7 Å². The minimum Gasteiger partial charge on any atom is -0.495 e. The monoisotopic (exact) mass is 440 g/mol. The zero-order valence-corrected chi connectivity index (χ0v) is 17.8. The minimum atomic E-state index is -0.303. The lowest BCUT2D eigenvalue weighted by Crippen LogP contribution is -2.41. The minimum absolute atomic E-state index is 0.0957. The van der Waals surface area contributed by atoms with Crippen molar-refractivity contribution in [2.24, 2.45) is 5.92 Å². The molecule has 0 bridgehead atoms. The summed E-state index contributed by atoms with van der Waals surface area (Å²) in [6, 6.07) is 11.4. The van der Waals surface area contributed by atoms with Crippen molar-refractivity contribution in [3.63, 3.8) is 0 Å². The van der Waals surface area contributed by atoms with Crippen molar-refractivity contribution in [1.29, 1.82) is 0 Å². The average molecular weight is 441 g/mol. The van der Waals surface area contributed by atoms with Crippen LogP contribution in [0.2, 0.25) is 5.02 Å². The van der Waals surface area contributed by atoms with E-state index >= 15 is 0 Å². The third-order valence-electron chi connectivity index (χ3n) is 5.29. The number of nitrogens with one attached hydrogen (secondary N) is 1. The van der Waals surface area contributed by atoms with E-state index in [2.05, 4.69) is 15.3 Å². The number of carbonyl (C=O) groups is 1. The summed E-state index contributed by atoms with van der Waals surface area (Å²) in [6.45, 7) is 1.28. The number of amides is 1. The fourth-order valence-electron chi connectivity index (χ4n) is 3.69. The zero-order chi connectivity index (χ0) is 21.8. The first kappa shape index (κ1) is 21.1. The van der Waals surface area contributed by atoms with Gasteiger partial charge in [0.05, 0.1) is 18.7 Å². The van der Waals surface area contributed by atoms with Gasteiger partial charge in [0.2, 0.25) is 11.9 Å². The molecule has 8 heteroatoms. The molecule has 0 radical (unpaired) electrons. The number of hydrogen-bond donors (Lipinski definition) is 1. The Morgan fingerprint density at radius 2 is 2.00 bits per heavy atom. The van der Waals surface area contributed by atoms with Crippen molar-refractivity contribution in [2.75, 3.05) is 30.4 Å². The van der Waals surface area contributed by atoms with Crippen molar-refractivity contribution in [2.45, 2.75) is 12.8 Å². The molecule has 1 N–H and O–H groups in total. The van der Waals surface area contributed by atoms with Crippen LogP contribution in [0.4, 0.5) is 16.0 Å². The van der Waals surface area contributed by atoms with Crippen LogP contribution in [-0.2, 0) is 4.79 Å². The van der Waals surface area contributed by atoms with Crippen LogP contribution in [0, 0.1) is 11.7 Å². The van der Waals surface area contributed by atoms with E-state index in [-0.39, 0.29) is 17.6 Å². The Hall–Kier alpha value is -3.19. The molecular weight excluding hydrogens is 419 g/mol. The second kappa shape index (κ2) is 9.31. The molecular formula is C23H22ClFN4O2. The molecule has 0 aliphatic carbocycles. The molecule has 2 aromatic carbocycles. The normalized spacial score (nSPS) is 16.1. The van der Waals surface area contributed by atoms with Gasteiger partial charge in [-0.3, -0.25) is 4.79 Å². The van der Waals surface area contributed by atoms with E-state index < -0.39 is 0 Å². The number of methoxy groups -OCH3 is 1. The van der Waals surface area contributed by atoms with Gasteiger partial charge in [-0.2, -0.15) is 0 Å². The number of halogens is 2. The average Bonchev–Trinajstić information content (AvgIpc) is 2.79. The second-order valence-electron chi connectivity index (χ2n) is 7.40. The summed E-state index contributed by atoms with van der Waals surface area (Å²) in [6.07, 6.45) is 4.97. The third-order valence-corrected chi connectivity index (χ3v) is 5.53. The zero-order valence-electron chi connectivity index (χ0n) is 17.0. The van der Waals surface area contributed by atoms with Gasteiger partial charge in [-0.25, -0.2) is 14.4 Å². The van der Waals surface area contributed by atoms with Crippen LogP contribution in [0.15, 0.2) is 54.9 Å². The Balaban J connectivity index is 1.45. The highest BCUT2D eigenvalue weighted by atomic mass is 35.5. The SMILES string of the molecule is COc1ccc(Cl)cc1NC(=O)C1CCCN(c2ncc(-c3cccc(F)c3)cn2)C1. The number of nitrogens with zero attached hydrogens (tertiary/aromatic N) is 3. The maximum absolute atomic E-state index is 13.5. The molecule has 0 spiro atoms. The summed E-state index contributed by atoms with van der Waals surface area (Å²) < 4.78 is 18.8. The highest BCUT2D eigenvalue weighted by molar-refractivity contribution is 6.31. The standard InChI is InChI=1S/C23H22ClFN4O2/c1-31-21-8-7-18(24)11-20(21)28-22(30)16-5-3-9-29(14-16)23-26-12-17(13-27-23)15-4-2-6-19(25)10-15/h2,4,6-8,10-13,16H,3,5,9,14H2,1H3,(H,28,30). The van der Waals surface area contributed by atoms with E-state index in [1.165, 1.54) is 12.1 Å². The molecule has 4 rings (SSSR count). The molecule has 1 aromatic heterocycles. The fraction of sp³-hybridized carbons (Fsp3) is 0.261. The predicted molar refractivity (Wildman–Crippen MR) is 119 cm³/mol. The van der Waals surface area contributed by atoms with Crippen molar-refractivity contribution >= 4 is 29.1 Å². The Labute approximate surface area is 185 Å². The molecule has 1 aliphatic rings. The van der Waals surface area contributed by atoms with Gasteiger partial charge in [-0.15, -0.1) is 0 Å². The highest BCUT2D eigenvalue weighted by Crippen LogP contribution is 2.29. The van der Waals surface area contributed by atoms with Gasteiger partial charge in [-0.05, 0) is 48.7 Å². The molecule has 2 heterocycles. The van der Waals surface area contributed by atoms with Crippen molar-refractivity contribution in [3.8, 4) is 16.9 Å². The lowest BCUT2D eigenvalue weighted by atomic mass is 9.97. The van der Waals surface area contributed by atoms with Crippen LogP contribution in [-0.4, -0.2) is 36.1 Å². The number of piperidine rings is 1. The number of aromatic nitrogens is 2. The largest absolute Gasteiger partial charge is 0.495 e. The number of benzene rings is 2. The first-order chi connectivity index (χ1) is 15.0. The van der Waals surface area contributed by atoms with Gasteiger partial charge in [0, 0.05) is 36.1 Å². The van der Waals surface area contributed by atoms with E-state index in [4.69, 9.17) is 16.3 Å². The quantitative estimate of drug-likeness (QED) is 0.617. The molecule has 1 saturated heterocycles. The first-order valence-corrected chi connectivity index (χ1v) is 10.4. The summed E-state index contributed by atoms with van der Waals surface area (Å²) in [5.74, 6) is 0.494. The van der Waals surface area contributed by atoms with Crippen LogP contribution in [0.1, 0.15) is 12.8 Å². The molecule has 1 atom stereocenters. The summed E-state index contributed by atoms with van der Waals surface area (Å²) in [5.41, 5.74) is 2.01. The van der Waals surface area contributed by atoms with Crippen LogP contribution < -0.4 is 15.0 Å². The molecule has 160 valence electrons. The summed E-state index contributed by atoms with van der Waals surface area (Å²) in [7, 11) is 1.55. The Kier molecular flexibility index (Phi) is 6.32. The lowest BCUT2D eigenvalue weighted by molar-refractivity contribution is -0.120. The molecule has 1 fully saturated rings. The predicted octanol–water partition coefficient (Wildman–Crippen LogP) is 4.80. The Morgan fingerprint density at radius 3 is 2.74 bits per heavy atom. The van der Waals surface area contributed by atoms with E-state index in [1.54, 1.807) is 43.8 Å². The van der Waals surface area contributed by atoms with E-state index in [1.807, 2.05) is 11.0 Å². The number of carbonyl (C=O) groups excluding carboxylic acids is 1. The number of hydrogen-bond acceptors (Lipinski definition) is 5. The van der Waals surface area contributed by atoms with Crippen molar-refractivity contribution in [3.05, 3.63) is 65.7 Å². The van der Waals surface area contributed by atoms with Crippen LogP contribution in [0.3, 0.4) is 0 Å². The van der Waals surface area contributed by atoms with Gasteiger partial charge >= 0.3 is 0 Å². The van der Waals surface area contributed by atoms with Crippen LogP contribution in [0.5, 0.6) is 5.75 Å². The number of ether oxygens (including phenoxy) is 1. The Morgan fingerprint density at radius 1 is 1.19 bits per heavy atom. The van der Waals surface area contributed by atoms with Gasteiger partial charge < -0.3 is 15.0 Å². The van der Waals surface area contributed by atoms with E-state index in [9.17, 15) is 9.18 Å². The maximum Gasteiger partial charge on any atom is 0.229 e. The molecule has 1 aliphatic heterocycles. The summed E-state index contributed by atoms with van der Waals surface area (Å²) >= 11 is 6.06. The number of rotatable bonds is 5. The molecule has 0 saturated carbocycles. The van der Waals surface area contributed by atoms with Crippen LogP contribution >= 0.6 is 11.6 Å². The topological polar surface area (TPSA) is 67.3 Å². The van der Waals surface area contributed by atoms with Crippen LogP contribution in [0.25, 0.3) is 11.1 Å². The third kappa shape index (κ3) is 4.94. The van der Waals surface area contributed by atoms with Gasteiger partial charge in [0.1, 0.15) is 11.6 Å². The lowest BCUT2D eigenvalue weighted by Gasteiger charge is -2.32. The van der Waals surface area contributed by atoms with E-state index in [0.29, 0.717) is 29.0 Å².